The quantitative estimate of drug-likeness (QED) is 0.493. The van der Waals surface area contributed by atoms with Crippen molar-refractivity contribution in [2.24, 2.45) is 7.05 Å². The van der Waals surface area contributed by atoms with Crippen molar-refractivity contribution in [2.75, 3.05) is 18.0 Å². The second kappa shape index (κ2) is 7.35. The molecule has 31 heavy (non-hydrogen) atoms. The van der Waals surface area contributed by atoms with Crippen molar-refractivity contribution in [3.05, 3.63) is 41.2 Å². The van der Waals surface area contributed by atoms with E-state index < -0.39 is 0 Å². The molecule has 8 heteroatoms. The first-order valence-corrected chi connectivity index (χ1v) is 10.8. The van der Waals surface area contributed by atoms with E-state index in [2.05, 4.69) is 34.1 Å². The maximum Gasteiger partial charge on any atom is 0.225 e. The average molecular weight is 437 g/mol. The Labute approximate surface area is 185 Å². The second-order valence-corrected chi connectivity index (χ2v) is 8.92. The van der Waals surface area contributed by atoms with Crippen molar-refractivity contribution in [1.29, 1.82) is 0 Å². The minimum atomic E-state index is 0.189. The molecule has 0 amide bonds. The van der Waals surface area contributed by atoms with Gasteiger partial charge in [0, 0.05) is 72.1 Å². The number of anilines is 1. The number of benzene rings is 2. The van der Waals surface area contributed by atoms with Gasteiger partial charge < -0.3 is 15.3 Å². The third kappa shape index (κ3) is 3.38. The number of halogens is 1. The molecule has 2 atom stereocenters. The number of nitrogens with one attached hydrogen (secondary N) is 1. The Balaban J connectivity index is 1.60. The highest BCUT2D eigenvalue weighted by Crippen LogP contribution is 2.41. The number of aryl methyl sites for hydroxylation is 2. The topological polar surface area (TPSA) is 79.1 Å². The molecular formula is C23H25ClN6O. The summed E-state index contributed by atoms with van der Waals surface area (Å²) in [6, 6.07) is 6.54. The lowest BCUT2D eigenvalue weighted by Gasteiger charge is -2.36. The normalized spacial score (nSPS) is 19.5. The van der Waals surface area contributed by atoms with Gasteiger partial charge in [-0.15, -0.1) is 0 Å². The number of rotatable bonds is 2. The third-order valence-electron chi connectivity index (χ3n) is 5.94. The monoisotopic (exact) mass is 436 g/mol. The summed E-state index contributed by atoms with van der Waals surface area (Å²) in [7, 11) is 1.87. The summed E-state index contributed by atoms with van der Waals surface area (Å²) in [5, 5.41) is 21.1. The summed E-state index contributed by atoms with van der Waals surface area (Å²) in [5.74, 6) is 0.903. The first-order valence-electron chi connectivity index (χ1n) is 10.4. The highest BCUT2D eigenvalue weighted by atomic mass is 35.5. The molecule has 1 saturated heterocycles. The van der Waals surface area contributed by atoms with E-state index in [1.54, 1.807) is 10.9 Å². The Morgan fingerprint density at radius 2 is 1.90 bits per heavy atom. The van der Waals surface area contributed by atoms with Gasteiger partial charge in [-0.3, -0.25) is 4.68 Å². The Kier molecular flexibility index (Phi) is 4.75. The average Bonchev–Trinajstić information content (AvgIpc) is 3.11. The van der Waals surface area contributed by atoms with Gasteiger partial charge in [-0.1, -0.05) is 17.7 Å². The number of phenols is 1. The van der Waals surface area contributed by atoms with Crippen molar-refractivity contribution in [1.82, 2.24) is 25.1 Å². The van der Waals surface area contributed by atoms with Gasteiger partial charge in [0.1, 0.15) is 5.75 Å². The number of aromatic nitrogens is 4. The van der Waals surface area contributed by atoms with E-state index in [-0.39, 0.29) is 5.75 Å². The fourth-order valence-electron chi connectivity index (χ4n) is 4.56. The SMILES string of the molecule is Cc1c(O)c(-c2ccc3nc(N4C[C@@H](C)N[C@H](C)C4)ncc3c2Cl)cc2cn(C)nc12. The zero-order valence-corrected chi connectivity index (χ0v) is 18.8. The van der Waals surface area contributed by atoms with Gasteiger partial charge in [0.15, 0.2) is 0 Å². The van der Waals surface area contributed by atoms with Crippen molar-refractivity contribution in [3.8, 4) is 16.9 Å². The predicted molar refractivity (Wildman–Crippen MR) is 125 cm³/mol. The summed E-state index contributed by atoms with van der Waals surface area (Å²) >= 11 is 6.81. The molecule has 0 unspecified atom stereocenters. The van der Waals surface area contributed by atoms with Crippen LogP contribution in [0.2, 0.25) is 5.02 Å². The zero-order valence-electron chi connectivity index (χ0n) is 18.0. The van der Waals surface area contributed by atoms with Crippen LogP contribution in [0.1, 0.15) is 19.4 Å². The number of aromatic hydroxyl groups is 1. The van der Waals surface area contributed by atoms with Gasteiger partial charge in [0.05, 0.1) is 16.1 Å². The highest BCUT2D eigenvalue weighted by molar-refractivity contribution is 6.38. The van der Waals surface area contributed by atoms with Crippen LogP contribution in [0.4, 0.5) is 5.95 Å². The molecule has 160 valence electrons. The molecule has 0 spiro atoms. The van der Waals surface area contributed by atoms with Gasteiger partial charge >= 0.3 is 0 Å². The molecule has 2 N–H and O–H groups in total. The fourth-order valence-corrected chi connectivity index (χ4v) is 4.87. The fraction of sp³-hybridized carbons (Fsp3) is 0.348. The maximum absolute atomic E-state index is 10.9. The van der Waals surface area contributed by atoms with Gasteiger partial charge in [0.25, 0.3) is 0 Å². The largest absolute Gasteiger partial charge is 0.507 e. The van der Waals surface area contributed by atoms with Crippen LogP contribution >= 0.6 is 11.6 Å². The molecule has 1 fully saturated rings. The van der Waals surface area contributed by atoms with E-state index in [1.165, 1.54) is 0 Å². The van der Waals surface area contributed by atoms with E-state index in [0.717, 1.165) is 46.0 Å². The maximum atomic E-state index is 10.9. The first kappa shape index (κ1) is 20.0. The molecule has 4 aromatic rings. The molecule has 0 saturated carbocycles. The van der Waals surface area contributed by atoms with Crippen molar-refractivity contribution in [2.45, 2.75) is 32.9 Å². The molecular weight excluding hydrogens is 412 g/mol. The molecule has 0 radical (unpaired) electrons. The lowest BCUT2D eigenvalue weighted by atomic mass is 9.98. The minimum absolute atomic E-state index is 0.189. The van der Waals surface area contributed by atoms with Gasteiger partial charge in [-0.25, -0.2) is 9.97 Å². The molecule has 0 aliphatic carbocycles. The molecule has 2 aromatic carbocycles. The van der Waals surface area contributed by atoms with E-state index in [4.69, 9.17) is 16.6 Å². The number of piperazine rings is 1. The van der Waals surface area contributed by atoms with E-state index >= 15 is 0 Å². The second-order valence-electron chi connectivity index (χ2n) is 8.54. The number of hydrogen-bond donors (Lipinski definition) is 2. The van der Waals surface area contributed by atoms with Crippen LogP contribution < -0.4 is 10.2 Å². The van der Waals surface area contributed by atoms with Crippen molar-refractivity contribution >= 4 is 39.4 Å². The zero-order chi connectivity index (χ0) is 21.9. The van der Waals surface area contributed by atoms with Gasteiger partial charge in [0.2, 0.25) is 5.95 Å². The molecule has 1 aliphatic rings. The molecule has 1 aliphatic heterocycles. The first-order chi connectivity index (χ1) is 14.8. The van der Waals surface area contributed by atoms with E-state index in [9.17, 15) is 5.11 Å². The number of nitrogens with zero attached hydrogens (tertiary/aromatic N) is 5. The van der Waals surface area contributed by atoms with Crippen molar-refractivity contribution < 1.29 is 5.11 Å². The summed E-state index contributed by atoms with van der Waals surface area (Å²) < 4.78 is 1.75. The lowest BCUT2D eigenvalue weighted by Crippen LogP contribution is -2.54. The van der Waals surface area contributed by atoms with Gasteiger partial charge in [-0.05, 0) is 32.9 Å². The van der Waals surface area contributed by atoms with Crippen LogP contribution in [0.15, 0.2) is 30.6 Å². The van der Waals surface area contributed by atoms with Crippen LogP contribution in [-0.2, 0) is 7.05 Å². The van der Waals surface area contributed by atoms with Crippen LogP contribution in [0.3, 0.4) is 0 Å². The van der Waals surface area contributed by atoms with E-state index in [0.29, 0.717) is 28.6 Å². The highest BCUT2D eigenvalue weighted by Gasteiger charge is 2.23. The number of phenolic OH excluding ortho intramolecular Hbond substituents is 1. The van der Waals surface area contributed by atoms with Gasteiger partial charge in [-0.2, -0.15) is 5.10 Å². The van der Waals surface area contributed by atoms with Crippen LogP contribution in [0, 0.1) is 6.92 Å². The van der Waals surface area contributed by atoms with Crippen LogP contribution in [-0.4, -0.2) is 50.0 Å². The molecule has 7 nitrogen and oxygen atoms in total. The van der Waals surface area contributed by atoms with Crippen LogP contribution in [0.5, 0.6) is 5.75 Å². The Bertz CT molecular complexity index is 1310. The minimum Gasteiger partial charge on any atom is -0.507 e. The lowest BCUT2D eigenvalue weighted by molar-refractivity contribution is 0.403. The van der Waals surface area contributed by atoms with Crippen LogP contribution in [0.25, 0.3) is 32.9 Å². The number of hydrogen-bond acceptors (Lipinski definition) is 6. The summed E-state index contributed by atoms with van der Waals surface area (Å²) in [5.41, 5.74) is 3.74. The number of fused-ring (bicyclic) bond motifs is 2. The van der Waals surface area contributed by atoms with E-state index in [1.807, 2.05) is 38.4 Å². The summed E-state index contributed by atoms with van der Waals surface area (Å²) in [6.07, 6.45) is 3.72. The Morgan fingerprint density at radius 3 is 2.65 bits per heavy atom. The molecule has 0 bridgehead atoms. The Morgan fingerprint density at radius 1 is 1.16 bits per heavy atom. The van der Waals surface area contributed by atoms with Crippen molar-refractivity contribution in [3.63, 3.8) is 0 Å². The summed E-state index contributed by atoms with van der Waals surface area (Å²) in [4.78, 5) is 11.6. The standard InChI is InChI=1S/C23H25ClN6O/c1-12-9-30(10-13(2)26-12)23-25-8-18-19(27-23)6-5-16(20(18)24)17-7-15-11-29(4)28-21(15)14(3)22(17)31/h5-8,11-13,26,31H,9-10H2,1-4H3/t12-,13-/m1/s1. The summed E-state index contributed by atoms with van der Waals surface area (Å²) in [6.45, 7) is 7.93. The molecule has 5 rings (SSSR count). The smallest absolute Gasteiger partial charge is 0.225 e. The third-order valence-corrected chi connectivity index (χ3v) is 6.35. The molecule has 3 heterocycles. The molecule has 2 aromatic heterocycles. The predicted octanol–water partition coefficient (Wildman–Crippen LogP) is 4.04. The Hall–Kier alpha value is -2.90.